The van der Waals surface area contributed by atoms with Gasteiger partial charge in [-0.15, -0.1) is 0 Å². The van der Waals surface area contributed by atoms with E-state index in [4.69, 9.17) is 4.98 Å². The molecule has 23 heavy (non-hydrogen) atoms. The van der Waals surface area contributed by atoms with Crippen LogP contribution >= 0.6 is 0 Å². The number of hydrogen-bond donors (Lipinski definition) is 1. The topological polar surface area (TPSA) is 44.3 Å². The summed E-state index contributed by atoms with van der Waals surface area (Å²) in [6, 6.07) is 12.6. The number of nitrogens with zero attached hydrogens (tertiary/aromatic N) is 4. The highest BCUT2D eigenvalue weighted by atomic mass is 15.3. The average molecular weight is 311 g/mol. The Labute approximate surface area is 138 Å². The molecule has 0 saturated carbocycles. The third-order valence-electron chi connectivity index (χ3n) is 4.21. The Morgan fingerprint density at radius 1 is 1.04 bits per heavy atom. The summed E-state index contributed by atoms with van der Waals surface area (Å²) in [5.41, 5.74) is 2.34. The van der Waals surface area contributed by atoms with E-state index in [2.05, 4.69) is 57.5 Å². The van der Waals surface area contributed by atoms with E-state index < -0.39 is 0 Å². The van der Waals surface area contributed by atoms with E-state index in [-0.39, 0.29) is 0 Å². The van der Waals surface area contributed by atoms with E-state index in [0.29, 0.717) is 0 Å². The van der Waals surface area contributed by atoms with Crippen molar-refractivity contribution in [3.63, 3.8) is 0 Å². The summed E-state index contributed by atoms with van der Waals surface area (Å²) in [5.74, 6) is 1.77. The predicted octanol–water partition coefficient (Wildman–Crippen LogP) is 2.19. The maximum Gasteiger partial charge on any atom is 0.224 e. The van der Waals surface area contributed by atoms with Crippen LogP contribution < -0.4 is 10.2 Å². The van der Waals surface area contributed by atoms with Crippen molar-refractivity contribution in [1.82, 2.24) is 14.9 Å². The van der Waals surface area contributed by atoms with Crippen molar-refractivity contribution in [3.05, 3.63) is 47.7 Å². The molecular weight excluding hydrogens is 286 g/mol. The fourth-order valence-corrected chi connectivity index (χ4v) is 2.79. The summed E-state index contributed by atoms with van der Waals surface area (Å²) in [4.78, 5) is 13.9. The molecule has 0 spiro atoms. The standard InChI is InChI=1S/C18H25N5/c1-15-14-17(23-12-10-22(2)11-13-23)21-18(20-15)19-9-8-16-6-4-3-5-7-16/h3-7,14H,8-13H2,1-2H3,(H,19,20,21). The van der Waals surface area contributed by atoms with Crippen LogP contribution in [0.4, 0.5) is 11.8 Å². The van der Waals surface area contributed by atoms with E-state index in [1.165, 1.54) is 5.56 Å². The highest BCUT2D eigenvalue weighted by Crippen LogP contribution is 2.16. The lowest BCUT2D eigenvalue weighted by Crippen LogP contribution is -2.44. The summed E-state index contributed by atoms with van der Waals surface area (Å²) < 4.78 is 0. The maximum atomic E-state index is 4.70. The van der Waals surface area contributed by atoms with Gasteiger partial charge in [0.1, 0.15) is 5.82 Å². The van der Waals surface area contributed by atoms with Gasteiger partial charge in [0, 0.05) is 44.5 Å². The molecule has 0 amide bonds. The van der Waals surface area contributed by atoms with Crippen LogP contribution in [0.3, 0.4) is 0 Å². The lowest BCUT2D eigenvalue weighted by atomic mass is 10.1. The molecule has 2 heterocycles. The Bertz CT molecular complexity index is 621. The summed E-state index contributed by atoms with van der Waals surface area (Å²) in [6.45, 7) is 7.09. The number of piperazine rings is 1. The molecule has 3 rings (SSSR count). The van der Waals surface area contributed by atoms with Crippen molar-refractivity contribution in [2.24, 2.45) is 0 Å². The van der Waals surface area contributed by atoms with E-state index in [1.54, 1.807) is 0 Å². The Kier molecular flexibility index (Phi) is 5.08. The fourth-order valence-electron chi connectivity index (χ4n) is 2.79. The number of likely N-dealkylation sites (N-methyl/N-ethyl adjacent to an activating group) is 1. The lowest BCUT2D eigenvalue weighted by molar-refractivity contribution is 0.312. The number of aromatic nitrogens is 2. The quantitative estimate of drug-likeness (QED) is 0.917. The minimum absolute atomic E-state index is 0.731. The van der Waals surface area contributed by atoms with Gasteiger partial charge in [-0.1, -0.05) is 30.3 Å². The molecule has 1 N–H and O–H groups in total. The third kappa shape index (κ3) is 4.42. The number of rotatable bonds is 5. The molecular formula is C18H25N5. The van der Waals surface area contributed by atoms with Crippen LogP contribution in [0.15, 0.2) is 36.4 Å². The zero-order valence-corrected chi connectivity index (χ0v) is 14.0. The molecule has 122 valence electrons. The molecule has 0 unspecified atom stereocenters. The molecule has 0 bridgehead atoms. The van der Waals surface area contributed by atoms with Crippen LogP contribution in [-0.2, 0) is 6.42 Å². The molecule has 1 aliphatic rings. The van der Waals surface area contributed by atoms with Crippen LogP contribution in [0.1, 0.15) is 11.3 Å². The Hall–Kier alpha value is -2.14. The normalized spacial score (nSPS) is 15.7. The molecule has 0 radical (unpaired) electrons. The zero-order chi connectivity index (χ0) is 16.1. The molecule has 1 aromatic carbocycles. The van der Waals surface area contributed by atoms with Gasteiger partial charge in [-0.2, -0.15) is 4.98 Å². The fraction of sp³-hybridized carbons (Fsp3) is 0.444. The van der Waals surface area contributed by atoms with Crippen LogP contribution in [0.25, 0.3) is 0 Å². The molecule has 1 fully saturated rings. The summed E-state index contributed by atoms with van der Waals surface area (Å²) in [7, 11) is 2.17. The van der Waals surface area contributed by atoms with Crippen molar-refractivity contribution in [3.8, 4) is 0 Å². The van der Waals surface area contributed by atoms with Crippen LogP contribution in [0.2, 0.25) is 0 Å². The van der Waals surface area contributed by atoms with Crippen LogP contribution in [0.5, 0.6) is 0 Å². The number of aryl methyl sites for hydroxylation is 1. The first kappa shape index (κ1) is 15.7. The molecule has 5 heteroatoms. The number of anilines is 2. The maximum absolute atomic E-state index is 4.70. The molecule has 1 saturated heterocycles. The van der Waals surface area contributed by atoms with Gasteiger partial charge < -0.3 is 15.1 Å². The summed E-state index contributed by atoms with van der Waals surface area (Å²) in [6.07, 6.45) is 0.974. The Balaban J connectivity index is 1.61. The smallest absolute Gasteiger partial charge is 0.224 e. The SMILES string of the molecule is Cc1cc(N2CCN(C)CC2)nc(NCCc2ccccc2)n1. The van der Waals surface area contributed by atoms with E-state index in [9.17, 15) is 0 Å². The van der Waals surface area contributed by atoms with Crippen LogP contribution in [0, 0.1) is 6.92 Å². The molecule has 0 atom stereocenters. The van der Waals surface area contributed by atoms with E-state index >= 15 is 0 Å². The second kappa shape index (κ2) is 7.42. The number of nitrogens with one attached hydrogen (secondary N) is 1. The summed E-state index contributed by atoms with van der Waals surface area (Å²) >= 11 is 0. The van der Waals surface area contributed by atoms with E-state index in [1.807, 2.05) is 13.0 Å². The van der Waals surface area contributed by atoms with Gasteiger partial charge in [-0.05, 0) is 26.0 Å². The van der Waals surface area contributed by atoms with Gasteiger partial charge in [0.05, 0.1) is 0 Å². The van der Waals surface area contributed by atoms with Crippen molar-refractivity contribution < 1.29 is 0 Å². The average Bonchev–Trinajstić information content (AvgIpc) is 2.56. The highest BCUT2D eigenvalue weighted by molar-refractivity contribution is 5.45. The van der Waals surface area contributed by atoms with Crippen molar-refractivity contribution >= 4 is 11.8 Å². The molecule has 0 aliphatic carbocycles. The number of hydrogen-bond acceptors (Lipinski definition) is 5. The van der Waals surface area contributed by atoms with Gasteiger partial charge in [0.15, 0.2) is 0 Å². The highest BCUT2D eigenvalue weighted by Gasteiger charge is 2.16. The van der Waals surface area contributed by atoms with Gasteiger partial charge in [0.2, 0.25) is 5.95 Å². The van der Waals surface area contributed by atoms with Gasteiger partial charge in [0.25, 0.3) is 0 Å². The van der Waals surface area contributed by atoms with E-state index in [0.717, 1.165) is 56.6 Å². The van der Waals surface area contributed by atoms with Crippen molar-refractivity contribution in [2.45, 2.75) is 13.3 Å². The molecule has 5 nitrogen and oxygen atoms in total. The van der Waals surface area contributed by atoms with Crippen molar-refractivity contribution in [1.29, 1.82) is 0 Å². The molecule has 1 aromatic heterocycles. The first-order valence-corrected chi connectivity index (χ1v) is 8.28. The predicted molar refractivity (Wildman–Crippen MR) is 95.1 cm³/mol. The van der Waals surface area contributed by atoms with Gasteiger partial charge >= 0.3 is 0 Å². The summed E-state index contributed by atoms with van der Waals surface area (Å²) in [5, 5.41) is 3.36. The first-order valence-electron chi connectivity index (χ1n) is 8.28. The molecule has 2 aromatic rings. The largest absolute Gasteiger partial charge is 0.354 e. The minimum Gasteiger partial charge on any atom is -0.354 e. The van der Waals surface area contributed by atoms with Gasteiger partial charge in [-0.25, -0.2) is 4.98 Å². The van der Waals surface area contributed by atoms with Gasteiger partial charge in [-0.3, -0.25) is 0 Å². The second-order valence-electron chi connectivity index (χ2n) is 6.14. The molecule has 1 aliphatic heterocycles. The van der Waals surface area contributed by atoms with Crippen molar-refractivity contribution in [2.75, 3.05) is 50.0 Å². The number of benzene rings is 1. The third-order valence-corrected chi connectivity index (χ3v) is 4.21. The van der Waals surface area contributed by atoms with Crippen LogP contribution in [-0.4, -0.2) is 54.6 Å². The Morgan fingerprint density at radius 3 is 2.52 bits per heavy atom. The monoisotopic (exact) mass is 311 g/mol. The Morgan fingerprint density at radius 2 is 1.78 bits per heavy atom. The lowest BCUT2D eigenvalue weighted by Gasteiger charge is -2.33. The first-order chi connectivity index (χ1) is 11.2. The second-order valence-corrected chi connectivity index (χ2v) is 6.14. The minimum atomic E-state index is 0.731. The zero-order valence-electron chi connectivity index (χ0n) is 14.0.